The van der Waals surface area contributed by atoms with Crippen LogP contribution >= 0.6 is 0 Å². The number of hydrogen-bond acceptors (Lipinski definition) is 1. The molecule has 0 atom stereocenters. The molecule has 0 N–H and O–H groups in total. The van der Waals surface area contributed by atoms with E-state index in [2.05, 4.69) is 31.4 Å². The number of hydrogen-bond donors (Lipinski definition) is 0. The Morgan fingerprint density at radius 3 is 2.54 bits per heavy atom. The summed E-state index contributed by atoms with van der Waals surface area (Å²) in [5, 5.41) is 0. The third-order valence-electron chi connectivity index (χ3n) is 2.27. The number of aromatic nitrogens is 1. The summed E-state index contributed by atoms with van der Waals surface area (Å²) < 4.78 is 7.70. The van der Waals surface area contributed by atoms with E-state index in [1.54, 1.807) is 0 Å². The Kier molecular flexibility index (Phi) is 3.40. The molecule has 2 nitrogen and oxygen atoms in total. The molecule has 0 aromatic carbocycles. The predicted molar refractivity (Wildman–Crippen MR) is 55.1 cm³/mol. The number of ether oxygens (including phenoxy) is 1. The van der Waals surface area contributed by atoms with E-state index in [1.807, 2.05) is 13.1 Å². The molecule has 0 radical (unpaired) electrons. The Bertz CT molecular complexity index is 263. The molecule has 0 aliphatic heterocycles. The largest absolute Gasteiger partial charge is 0.479 e. The van der Waals surface area contributed by atoms with Crippen LogP contribution in [-0.2, 0) is 7.05 Å². The zero-order valence-electron chi connectivity index (χ0n) is 9.00. The summed E-state index contributed by atoms with van der Waals surface area (Å²) in [5.74, 6) is 1.68. The average Bonchev–Trinajstić information content (AvgIpc) is 2.35. The maximum atomic E-state index is 5.63. The summed E-state index contributed by atoms with van der Waals surface area (Å²) in [6, 6.07) is 4.10. The molecular formula is C11H19NO. The van der Waals surface area contributed by atoms with Gasteiger partial charge in [-0.3, -0.25) is 0 Å². The maximum Gasteiger partial charge on any atom is 0.193 e. The second-order valence-electron chi connectivity index (χ2n) is 3.90. The predicted octanol–water partition coefficient (Wildman–Crippen LogP) is 2.76. The van der Waals surface area contributed by atoms with E-state index in [4.69, 9.17) is 4.74 Å². The Morgan fingerprint density at radius 1 is 1.38 bits per heavy atom. The van der Waals surface area contributed by atoms with Gasteiger partial charge in [-0.15, -0.1) is 0 Å². The van der Waals surface area contributed by atoms with Gasteiger partial charge in [0.2, 0.25) is 0 Å². The first-order valence-corrected chi connectivity index (χ1v) is 4.86. The van der Waals surface area contributed by atoms with Crippen LogP contribution in [0.25, 0.3) is 0 Å². The molecule has 0 aliphatic carbocycles. The van der Waals surface area contributed by atoms with Crippen LogP contribution < -0.4 is 4.74 Å². The van der Waals surface area contributed by atoms with Crippen LogP contribution in [0.2, 0.25) is 0 Å². The van der Waals surface area contributed by atoms with Gasteiger partial charge in [-0.2, -0.15) is 0 Å². The van der Waals surface area contributed by atoms with Gasteiger partial charge in [0.15, 0.2) is 5.88 Å². The number of rotatable bonds is 4. The van der Waals surface area contributed by atoms with Gasteiger partial charge < -0.3 is 9.30 Å². The molecule has 0 saturated carbocycles. The summed E-state index contributed by atoms with van der Waals surface area (Å²) >= 11 is 0. The quantitative estimate of drug-likeness (QED) is 0.696. The second-order valence-corrected chi connectivity index (χ2v) is 3.90. The van der Waals surface area contributed by atoms with Crippen LogP contribution in [0.1, 0.15) is 26.0 Å². The highest BCUT2D eigenvalue weighted by molar-refractivity contribution is 5.19. The van der Waals surface area contributed by atoms with Gasteiger partial charge in [-0.05, 0) is 25.3 Å². The lowest BCUT2D eigenvalue weighted by Gasteiger charge is -2.09. The lowest BCUT2D eigenvalue weighted by atomic mass is 10.1. The summed E-state index contributed by atoms with van der Waals surface area (Å²) in [6.45, 7) is 7.31. The minimum Gasteiger partial charge on any atom is -0.479 e. The normalized spacial score (nSPS) is 10.8. The fraction of sp³-hybridized carbons (Fsp3) is 0.636. The van der Waals surface area contributed by atoms with Crippen LogP contribution in [0.5, 0.6) is 5.88 Å². The van der Waals surface area contributed by atoms with Crippen molar-refractivity contribution in [1.82, 2.24) is 4.57 Å². The average molecular weight is 181 g/mol. The van der Waals surface area contributed by atoms with Crippen LogP contribution in [0.15, 0.2) is 12.1 Å². The lowest BCUT2D eigenvalue weighted by Crippen LogP contribution is -2.04. The minimum absolute atomic E-state index is 0.710. The fourth-order valence-electron chi connectivity index (χ4n) is 1.13. The highest BCUT2D eigenvalue weighted by atomic mass is 16.5. The van der Waals surface area contributed by atoms with E-state index >= 15 is 0 Å². The molecule has 74 valence electrons. The van der Waals surface area contributed by atoms with E-state index in [0.717, 1.165) is 18.9 Å². The summed E-state index contributed by atoms with van der Waals surface area (Å²) in [5.41, 5.74) is 1.24. The first-order valence-electron chi connectivity index (χ1n) is 4.86. The van der Waals surface area contributed by atoms with E-state index in [-0.39, 0.29) is 0 Å². The summed E-state index contributed by atoms with van der Waals surface area (Å²) in [6.07, 6.45) is 1.12. The molecular weight excluding hydrogens is 162 g/mol. The van der Waals surface area contributed by atoms with Gasteiger partial charge >= 0.3 is 0 Å². The van der Waals surface area contributed by atoms with Gasteiger partial charge in [0.05, 0.1) is 6.61 Å². The smallest absolute Gasteiger partial charge is 0.193 e. The number of aryl methyl sites for hydroxylation is 1. The zero-order valence-corrected chi connectivity index (χ0v) is 9.00. The van der Waals surface area contributed by atoms with Crippen LogP contribution in [0, 0.1) is 12.8 Å². The van der Waals surface area contributed by atoms with E-state index in [0.29, 0.717) is 5.92 Å². The molecule has 0 spiro atoms. The molecule has 0 fully saturated rings. The first-order chi connectivity index (χ1) is 6.11. The lowest BCUT2D eigenvalue weighted by molar-refractivity contribution is 0.270. The minimum atomic E-state index is 0.710. The highest BCUT2D eigenvalue weighted by Crippen LogP contribution is 2.14. The SMILES string of the molecule is Cc1ccc(OCCC(C)C)n1C. The molecule has 2 heteroatoms. The van der Waals surface area contributed by atoms with Crippen molar-refractivity contribution >= 4 is 0 Å². The Hall–Kier alpha value is -0.920. The molecule has 0 unspecified atom stereocenters. The Labute approximate surface area is 80.5 Å². The summed E-state index contributed by atoms with van der Waals surface area (Å²) in [7, 11) is 2.03. The molecule has 1 rings (SSSR count). The fourth-order valence-corrected chi connectivity index (χ4v) is 1.13. The van der Waals surface area contributed by atoms with E-state index in [9.17, 15) is 0 Å². The molecule has 0 bridgehead atoms. The highest BCUT2D eigenvalue weighted by Gasteiger charge is 2.01. The van der Waals surface area contributed by atoms with Crippen molar-refractivity contribution in [2.45, 2.75) is 27.2 Å². The third-order valence-corrected chi connectivity index (χ3v) is 2.27. The maximum absolute atomic E-state index is 5.63. The van der Waals surface area contributed by atoms with Crippen molar-refractivity contribution in [1.29, 1.82) is 0 Å². The first kappa shape index (κ1) is 10.2. The number of nitrogens with zero attached hydrogens (tertiary/aromatic N) is 1. The van der Waals surface area contributed by atoms with Gasteiger partial charge in [0.1, 0.15) is 0 Å². The Balaban J connectivity index is 2.41. The van der Waals surface area contributed by atoms with Crippen molar-refractivity contribution in [2.24, 2.45) is 13.0 Å². The standard InChI is InChI=1S/C11H19NO/c1-9(2)7-8-13-11-6-5-10(3)12(11)4/h5-6,9H,7-8H2,1-4H3. The van der Waals surface area contributed by atoms with Crippen molar-refractivity contribution in [3.8, 4) is 5.88 Å². The van der Waals surface area contributed by atoms with Crippen molar-refractivity contribution in [3.05, 3.63) is 17.8 Å². The molecule has 1 aromatic heterocycles. The van der Waals surface area contributed by atoms with E-state index < -0.39 is 0 Å². The molecule has 0 aliphatic rings. The van der Waals surface area contributed by atoms with Crippen LogP contribution in [0.3, 0.4) is 0 Å². The molecule has 13 heavy (non-hydrogen) atoms. The van der Waals surface area contributed by atoms with Gasteiger partial charge in [0, 0.05) is 18.8 Å². The van der Waals surface area contributed by atoms with Crippen molar-refractivity contribution in [3.63, 3.8) is 0 Å². The van der Waals surface area contributed by atoms with Gasteiger partial charge in [-0.25, -0.2) is 0 Å². The van der Waals surface area contributed by atoms with Gasteiger partial charge in [-0.1, -0.05) is 13.8 Å². The molecule has 1 heterocycles. The molecule has 1 aromatic rings. The molecule has 0 saturated heterocycles. The van der Waals surface area contributed by atoms with Crippen molar-refractivity contribution < 1.29 is 4.74 Å². The monoisotopic (exact) mass is 181 g/mol. The Morgan fingerprint density at radius 2 is 2.08 bits per heavy atom. The second kappa shape index (κ2) is 4.35. The molecule has 0 amide bonds. The third kappa shape index (κ3) is 2.79. The topological polar surface area (TPSA) is 14.2 Å². The zero-order chi connectivity index (χ0) is 9.84. The van der Waals surface area contributed by atoms with Crippen LogP contribution in [0.4, 0.5) is 0 Å². The van der Waals surface area contributed by atoms with E-state index in [1.165, 1.54) is 5.69 Å². The van der Waals surface area contributed by atoms with Gasteiger partial charge in [0.25, 0.3) is 0 Å². The van der Waals surface area contributed by atoms with Crippen LogP contribution in [-0.4, -0.2) is 11.2 Å². The summed E-state index contributed by atoms with van der Waals surface area (Å²) in [4.78, 5) is 0. The van der Waals surface area contributed by atoms with Crippen molar-refractivity contribution in [2.75, 3.05) is 6.61 Å².